The summed E-state index contributed by atoms with van der Waals surface area (Å²) in [5.74, 6) is 2.83. The summed E-state index contributed by atoms with van der Waals surface area (Å²) in [7, 11) is 5.11. The summed E-state index contributed by atoms with van der Waals surface area (Å²) in [5.41, 5.74) is 1.23. The van der Waals surface area contributed by atoms with Crippen LogP contribution in [0.5, 0.6) is 11.5 Å². The van der Waals surface area contributed by atoms with Gasteiger partial charge in [-0.1, -0.05) is 12.8 Å². The Morgan fingerprint density at radius 3 is 2.65 bits per heavy atom. The van der Waals surface area contributed by atoms with E-state index < -0.39 is 0 Å². The van der Waals surface area contributed by atoms with Crippen LogP contribution in [0.25, 0.3) is 0 Å². The van der Waals surface area contributed by atoms with Crippen molar-refractivity contribution in [2.45, 2.75) is 44.2 Å². The summed E-state index contributed by atoms with van der Waals surface area (Å²) in [5, 5.41) is 7.11. The van der Waals surface area contributed by atoms with Gasteiger partial charge in [-0.15, -0.1) is 0 Å². The number of ether oxygens (including phenoxy) is 3. The minimum Gasteiger partial charge on any atom is -0.493 e. The molecule has 6 heteroatoms. The number of hydrogen-bond acceptors (Lipinski definition) is 4. The van der Waals surface area contributed by atoms with E-state index in [9.17, 15) is 0 Å². The summed E-state index contributed by atoms with van der Waals surface area (Å²) in [6, 6.07) is 6.25. The number of guanidine groups is 1. The van der Waals surface area contributed by atoms with Gasteiger partial charge in [-0.3, -0.25) is 4.99 Å². The molecule has 0 radical (unpaired) electrons. The van der Waals surface area contributed by atoms with Gasteiger partial charge in [0.1, 0.15) is 0 Å². The predicted octanol–water partition coefficient (Wildman–Crippen LogP) is 3.04. The zero-order valence-electron chi connectivity index (χ0n) is 15.9. The highest BCUT2D eigenvalue weighted by atomic mass is 16.5. The maximum atomic E-state index is 6.08. The van der Waals surface area contributed by atoms with E-state index in [1.54, 1.807) is 14.2 Å². The van der Waals surface area contributed by atoms with Crippen molar-refractivity contribution in [1.29, 1.82) is 0 Å². The van der Waals surface area contributed by atoms with Crippen molar-refractivity contribution in [1.82, 2.24) is 5.32 Å². The van der Waals surface area contributed by atoms with Crippen LogP contribution in [-0.4, -0.2) is 46.0 Å². The molecule has 0 aromatic heterocycles. The van der Waals surface area contributed by atoms with Crippen LogP contribution in [0.3, 0.4) is 0 Å². The van der Waals surface area contributed by atoms with Gasteiger partial charge in [0, 0.05) is 42.8 Å². The molecule has 4 rings (SSSR count). The van der Waals surface area contributed by atoms with E-state index >= 15 is 0 Å². The van der Waals surface area contributed by atoms with Crippen LogP contribution in [0.1, 0.15) is 32.1 Å². The van der Waals surface area contributed by atoms with Gasteiger partial charge in [0.25, 0.3) is 0 Å². The van der Waals surface area contributed by atoms with Gasteiger partial charge in [-0.05, 0) is 31.4 Å². The lowest BCUT2D eigenvalue weighted by atomic mass is 9.54. The molecule has 3 unspecified atom stereocenters. The highest BCUT2D eigenvalue weighted by Crippen LogP contribution is 2.60. The van der Waals surface area contributed by atoms with E-state index in [-0.39, 0.29) is 0 Å². The van der Waals surface area contributed by atoms with Crippen LogP contribution >= 0.6 is 0 Å². The molecule has 0 bridgehead atoms. The first-order valence-electron chi connectivity index (χ1n) is 9.56. The molecule has 2 saturated carbocycles. The van der Waals surface area contributed by atoms with Crippen LogP contribution in [0.15, 0.2) is 23.2 Å². The van der Waals surface area contributed by atoms with Gasteiger partial charge in [-0.2, -0.15) is 0 Å². The van der Waals surface area contributed by atoms with Gasteiger partial charge in [-0.25, -0.2) is 0 Å². The largest absolute Gasteiger partial charge is 0.493 e. The number of rotatable bonds is 4. The SMILES string of the molecule is CN=C(Nc1ccc(OC)c(OC)c1)NC1C2CCOC2C12CCCC2. The fourth-order valence-corrected chi connectivity index (χ4v) is 5.26. The van der Waals surface area contributed by atoms with E-state index in [1.165, 1.54) is 25.7 Å². The quantitative estimate of drug-likeness (QED) is 0.639. The fourth-order valence-electron chi connectivity index (χ4n) is 5.26. The van der Waals surface area contributed by atoms with E-state index in [0.717, 1.165) is 30.4 Å². The number of nitrogens with zero attached hydrogens (tertiary/aromatic N) is 1. The Kier molecular flexibility index (Phi) is 4.69. The van der Waals surface area contributed by atoms with Crippen molar-refractivity contribution in [3.63, 3.8) is 0 Å². The maximum Gasteiger partial charge on any atom is 0.195 e. The number of methoxy groups -OCH3 is 2. The Balaban J connectivity index is 1.48. The van der Waals surface area contributed by atoms with Crippen molar-refractivity contribution in [3.05, 3.63) is 18.2 Å². The van der Waals surface area contributed by atoms with Crippen LogP contribution in [0.2, 0.25) is 0 Å². The van der Waals surface area contributed by atoms with Crippen molar-refractivity contribution in [2.75, 3.05) is 33.2 Å². The first-order valence-corrected chi connectivity index (χ1v) is 9.56. The lowest BCUT2D eigenvalue weighted by Gasteiger charge is -2.57. The Bertz CT molecular complexity index is 685. The van der Waals surface area contributed by atoms with Gasteiger partial charge in [0.15, 0.2) is 17.5 Å². The molecule has 1 aromatic rings. The summed E-state index contributed by atoms with van der Waals surface area (Å²) < 4.78 is 16.8. The monoisotopic (exact) mass is 359 g/mol. The van der Waals surface area contributed by atoms with Crippen LogP contribution in [-0.2, 0) is 4.74 Å². The second-order valence-corrected chi connectivity index (χ2v) is 7.57. The average Bonchev–Trinajstić information content (AvgIpc) is 3.33. The van der Waals surface area contributed by atoms with Crippen molar-refractivity contribution in [3.8, 4) is 11.5 Å². The molecule has 2 aliphatic carbocycles. The Labute approximate surface area is 155 Å². The molecular formula is C20H29N3O3. The first kappa shape index (κ1) is 17.5. The van der Waals surface area contributed by atoms with E-state index in [4.69, 9.17) is 14.2 Å². The topological polar surface area (TPSA) is 64.1 Å². The zero-order chi connectivity index (χ0) is 18.1. The maximum absolute atomic E-state index is 6.08. The molecule has 142 valence electrons. The number of fused-ring (bicyclic) bond motifs is 2. The van der Waals surface area contributed by atoms with Crippen molar-refractivity contribution in [2.24, 2.45) is 16.3 Å². The summed E-state index contributed by atoms with van der Waals surface area (Å²) in [6.07, 6.45) is 6.75. The molecule has 1 spiro atoms. The Morgan fingerprint density at radius 1 is 1.19 bits per heavy atom. The predicted molar refractivity (Wildman–Crippen MR) is 102 cm³/mol. The van der Waals surface area contributed by atoms with E-state index in [2.05, 4.69) is 15.6 Å². The highest BCUT2D eigenvalue weighted by Gasteiger charge is 2.65. The minimum atomic E-state index is 0.302. The Morgan fingerprint density at radius 2 is 1.96 bits per heavy atom. The van der Waals surface area contributed by atoms with Crippen LogP contribution in [0.4, 0.5) is 5.69 Å². The summed E-state index contributed by atoms with van der Waals surface area (Å²) >= 11 is 0. The van der Waals surface area contributed by atoms with Crippen molar-refractivity contribution < 1.29 is 14.2 Å². The number of hydrogen-bond donors (Lipinski definition) is 2. The highest BCUT2D eigenvalue weighted by molar-refractivity contribution is 5.94. The van der Waals surface area contributed by atoms with E-state index in [1.807, 2.05) is 25.2 Å². The smallest absolute Gasteiger partial charge is 0.195 e. The molecule has 1 heterocycles. The number of nitrogens with one attached hydrogen (secondary N) is 2. The molecular weight excluding hydrogens is 330 g/mol. The van der Waals surface area contributed by atoms with Gasteiger partial charge in [0.05, 0.1) is 20.3 Å². The molecule has 6 nitrogen and oxygen atoms in total. The lowest BCUT2D eigenvalue weighted by Crippen LogP contribution is -2.68. The first-order chi connectivity index (χ1) is 12.7. The molecule has 0 amide bonds. The summed E-state index contributed by atoms with van der Waals surface area (Å²) in [6.45, 7) is 0.900. The molecule has 26 heavy (non-hydrogen) atoms. The van der Waals surface area contributed by atoms with E-state index in [0.29, 0.717) is 29.2 Å². The lowest BCUT2D eigenvalue weighted by molar-refractivity contribution is -0.124. The number of benzene rings is 1. The Hall–Kier alpha value is -1.95. The third kappa shape index (κ3) is 2.71. The molecule has 1 saturated heterocycles. The van der Waals surface area contributed by atoms with Crippen molar-refractivity contribution >= 4 is 11.6 Å². The molecule has 3 fully saturated rings. The zero-order valence-corrected chi connectivity index (χ0v) is 15.9. The second kappa shape index (κ2) is 6.99. The molecule has 3 atom stereocenters. The molecule has 1 aromatic carbocycles. The van der Waals surface area contributed by atoms with Crippen LogP contribution < -0.4 is 20.1 Å². The van der Waals surface area contributed by atoms with Gasteiger partial charge in [0.2, 0.25) is 0 Å². The van der Waals surface area contributed by atoms with Gasteiger partial charge >= 0.3 is 0 Å². The minimum absolute atomic E-state index is 0.302. The molecule has 3 aliphatic rings. The molecule has 1 aliphatic heterocycles. The number of anilines is 1. The van der Waals surface area contributed by atoms with Gasteiger partial charge < -0.3 is 24.8 Å². The summed E-state index contributed by atoms with van der Waals surface area (Å²) in [4.78, 5) is 4.45. The molecule has 2 N–H and O–H groups in total. The fraction of sp³-hybridized carbons (Fsp3) is 0.650. The third-order valence-electron chi connectivity index (χ3n) is 6.45. The standard InChI is InChI=1S/C20H29N3O3/c1-21-19(22-13-6-7-15(24-2)16(12-13)25-3)23-17-14-8-11-26-18(14)20(17)9-4-5-10-20/h6-7,12,14,17-18H,4-5,8-11H2,1-3H3,(H2,21,22,23). The van der Waals surface area contributed by atoms with Crippen LogP contribution in [0, 0.1) is 11.3 Å². The normalized spacial score (nSPS) is 29.2. The third-order valence-corrected chi connectivity index (χ3v) is 6.45. The number of aliphatic imine (C=N–C) groups is 1. The average molecular weight is 359 g/mol. The second-order valence-electron chi connectivity index (χ2n) is 7.57.